The van der Waals surface area contributed by atoms with Crippen LogP contribution >= 0.6 is 0 Å². The smallest absolute Gasteiger partial charge is 0.295 e. The van der Waals surface area contributed by atoms with Crippen molar-refractivity contribution >= 4 is 11.4 Å². The molecule has 1 N–H and O–H groups in total. The molecule has 2 bridgehead atoms. The molecule has 3 saturated carbocycles. The minimum absolute atomic E-state index is 0.148. The summed E-state index contributed by atoms with van der Waals surface area (Å²) in [6, 6.07) is 2.97. The van der Waals surface area contributed by atoms with Crippen molar-refractivity contribution in [2.24, 2.45) is 23.7 Å². The van der Waals surface area contributed by atoms with E-state index in [1.807, 2.05) is 0 Å². The number of fused-ring (bicyclic) bond motifs is 5. The maximum absolute atomic E-state index is 13.5. The van der Waals surface area contributed by atoms with Crippen molar-refractivity contribution in [1.29, 1.82) is 0 Å². The molecule has 0 aliphatic heterocycles. The van der Waals surface area contributed by atoms with Gasteiger partial charge in [-0.05, 0) is 61.5 Å². The molecular weight excluding hydrogens is 259 g/mol. The first kappa shape index (κ1) is 12.1. The second kappa shape index (κ2) is 3.93. The largest absolute Gasteiger partial charge is 0.376 e. The number of halogens is 1. The molecular formula is C15H17FN2O2. The summed E-state index contributed by atoms with van der Waals surface area (Å²) in [4.78, 5) is 10.6. The predicted octanol–water partition coefficient (Wildman–Crippen LogP) is 3.50. The summed E-state index contributed by atoms with van der Waals surface area (Å²) in [5.74, 6) is 2.49. The van der Waals surface area contributed by atoms with Crippen LogP contribution in [0.2, 0.25) is 0 Å². The Labute approximate surface area is 116 Å². The van der Waals surface area contributed by atoms with Crippen LogP contribution < -0.4 is 5.32 Å². The molecule has 0 radical (unpaired) electrons. The number of nitrogens with one attached hydrogen (secondary N) is 1. The van der Waals surface area contributed by atoms with Gasteiger partial charge in [0.1, 0.15) is 11.5 Å². The molecule has 4 unspecified atom stereocenters. The molecule has 0 amide bonds. The van der Waals surface area contributed by atoms with Crippen LogP contribution in [0.3, 0.4) is 0 Å². The van der Waals surface area contributed by atoms with Crippen molar-refractivity contribution in [3.8, 4) is 0 Å². The van der Waals surface area contributed by atoms with E-state index < -0.39 is 10.7 Å². The Morgan fingerprint density at radius 1 is 1.30 bits per heavy atom. The predicted molar refractivity (Wildman–Crippen MR) is 73.0 cm³/mol. The summed E-state index contributed by atoms with van der Waals surface area (Å²) in [5, 5.41) is 14.4. The lowest BCUT2D eigenvalue weighted by Gasteiger charge is -2.12. The van der Waals surface area contributed by atoms with Gasteiger partial charge in [-0.25, -0.2) is 4.39 Å². The Morgan fingerprint density at radius 2 is 1.95 bits per heavy atom. The molecule has 5 heteroatoms. The van der Waals surface area contributed by atoms with Crippen molar-refractivity contribution in [1.82, 2.24) is 0 Å². The second-order valence-corrected chi connectivity index (χ2v) is 6.53. The van der Waals surface area contributed by atoms with Crippen molar-refractivity contribution in [2.45, 2.75) is 32.2 Å². The fraction of sp³-hybridized carbons (Fsp3) is 0.600. The number of anilines is 1. The van der Waals surface area contributed by atoms with E-state index in [4.69, 9.17) is 0 Å². The van der Waals surface area contributed by atoms with Gasteiger partial charge in [0.05, 0.1) is 11.0 Å². The molecule has 4 nitrogen and oxygen atoms in total. The first-order valence-corrected chi connectivity index (χ1v) is 7.27. The summed E-state index contributed by atoms with van der Waals surface area (Å²) >= 11 is 0. The summed E-state index contributed by atoms with van der Waals surface area (Å²) in [6.07, 6.45) is 3.97. The third-order valence-corrected chi connectivity index (χ3v) is 5.53. The van der Waals surface area contributed by atoms with Gasteiger partial charge in [0.2, 0.25) is 0 Å². The zero-order valence-electron chi connectivity index (χ0n) is 11.3. The Kier molecular flexibility index (Phi) is 2.38. The van der Waals surface area contributed by atoms with Gasteiger partial charge in [-0.3, -0.25) is 10.1 Å². The number of nitrogens with zero attached hydrogens (tertiary/aromatic N) is 1. The van der Waals surface area contributed by atoms with E-state index in [0.29, 0.717) is 29.1 Å². The van der Waals surface area contributed by atoms with Gasteiger partial charge < -0.3 is 5.32 Å². The van der Waals surface area contributed by atoms with Crippen LogP contribution in [-0.4, -0.2) is 11.0 Å². The van der Waals surface area contributed by atoms with E-state index in [-0.39, 0.29) is 5.69 Å². The van der Waals surface area contributed by atoms with E-state index in [1.54, 1.807) is 13.0 Å². The molecule has 3 aliphatic carbocycles. The molecule has 1 aromatic carbocycles. The lowest BCUT2D eigenvalue weighted by Crippen LogP contribution is -2.14. The first-order chi connectivity index (χ1) is 9.56. The summed E-state index contributed by atoms with van der Waals surface area (Å²) in [6.45, 7) is 1.64. The Balaban J connectivity index is 1.61. The van der Waals surface area contributed by atoms with E-state index in [9.17, 15) is 14.5 Å². The Hall–Kier alpha value is -1.65. The van der Waals surface area contributed by atoms with Gasteiger partial charge in [0.25, 0.3) is 5.69 Å². The fourth-order valence-corrected chi connectivity index (χ4v) is 4.64. The monoisotopic (exact) mass is 276 g/mol. The van der Waals surface area contributed by atoms with Crippen LogP contribution in [0.5, 0.6) is 0 Å². The number of rotatable bonds is 3. The minimum Gasteiger partial charge on any atom is -0.376 e. The van der Waals surface area contributed by atoms with E-state index in [2.05, 4.69) is 5.32 Å². The highest BCUT2D eigenvalue weighted by Gasteiger charge is 2.65. The third-order valence-electron chi connectivity index (χ3n) is 5.53. The van der Waals surface area contributed by atoms with Crippen molar-refractivity contribution < 1.29 is 9.31 Å². The molecule has 4 atom stereocenters. The number of hydrogen-bond donors (Lipinski definition) is 1. The highest BCUT2D eigenvalue weighted by atomic mass is 19.1. The van der Waals surface area contributed by atoms with E-state index in [1.165, 1.54) is 19.3 Å². The average molecular weight is 276 g/mol. The number of benzene rings is 1. The third kappa shape index (κ3) is 1.58. The van der Waals surface area contributed by atoms with Crippen LogP contribution in [0, 0.1) is 46.5 Å². The zero-order valence-corrected chi connectivity index (χ0v) is 11.3. The molecule has 0 spiro atoms. The Bertz CT molecular complexity index is 588. The molecule has 1 aromatic rings. The normalized spacial score (nSPS) is 36.8. The van der Waals surface area contributed by atoms with Crippen LogP contribution in [0.4, 0.5) is 15.8 Å². The molecule has 20 heavy (non-hydrogen) atoms. The summed E-state index contributed by atoms with van der Waals surface area (Å²) in [7, 11) is 0. The van der Waals surface area contributed by atoms with Gasteiger partial charge in [-0.15, -0.1) is 0 Å². The Morgan fingerprint density at radius 3 is 2.55 bits per heavy atom. The standard InChI is InChI=1S/C15H17FN2O2/c1-7-4-11(12(18(19)20)6-10(7)16)17-15-13-8-2-3-9(5-8)14(13)15/h4,6,8-9,13-15,17H,2-3,5H2,1H3. The second-order valence-electron chi connectivity index (χ2n) is 6.53. The van der Waals surface area contributed by atoms with Crippen molar-refractivity contribution in [3.63, 3.8) is 0 Å². The van der Waals surface area contributed by atoms with E-state index >= 15 is 0 Å². The molecule has 0 heterocycles. The first-order valence-electron chi connectivity index (χ1n) is 7.27. The maximum atomic E-state index is 13.5. The molecule has 0 aromatic heterocycles. The van der Waals surface area contributed by atoms with Crippen LogP contribution in [-0.2, 0) is 0 Å². The molecule has 4 rings (SSSR count). The molecule has 3 fully saturated rings. The lowest BCUT2D eigenvalue weighted by molar-refractivity contribution is -0.384. The highest BCUT2D eigenvalue weighted by molar-refractivity contribution is 5.64. The topological polar surface area (TPSA) is 55.2 Å². The minimum atomic E-state index is -0.515. The maximum Gasteiger partial charge on any atom is 0.295 e. The van der Waals surface area contributed by atoms with Gasteiger partial charge in [0, 0.05) is 6.04 Å². The number of nitro benzene ring substituents is 1. The number of hydrogen-bond acceptors (Lipinski definition) is 3. The van der Waals surface area contributed by atoms with Crippen molar-refractivity contribution in [3.05, 3.63) is 33.6 Å². The summed E-state index contributed by atoms with van der Waals surface area (Å²) in [5.41, 5.74) is 0.782. The van der Waals surface area contributed by atoms with Crippen LogP contribution in [0.25, 0.3) is 0 Å². The molecule has 0 saturated heterocycles. The number of aryl methyl sites for hydroxylation is 1. The zero-order chi connectivity index (χ0) is 14.0. The SMILES string of the molecule is Cc1cc(NC2C3C4CCC(C4)C23)c([N+](=O)[O-])cc1F. The quantitative estimate of drug-likeness (QED) is 0.679. The van der Waals surface area contributed by atoms with Crippen molar-refractivity contribution in [2.75, 3.05) is 5.32 Å². The highest BCUT2D eigenvalue weighted by Crippen LogP contribution is 2.66. The average Bonchev–Trinajstić information content (AvgIpc) is 2.81. The molecule has 106 valence electrons. The lowest BCUT2D eigenvalue weighted by atomic mass is 10.0. The van der Waals surface area contributed by atoms with Crippen LogP contribution in [0.1, 0.15) is 24.8 Å². The van der Waals surface area contributed by atoms with Gasteiger partial charge in [-0.1, -0.05) is 0 Å². The van der Waals surface area contributed by atoms with Crippen LogP contribution in [0.15, 0.2) is 12.1 Å². The molecule has 3 aliphatic rings. The van der Waals surface area contributed by atoms with Gasteiger partial charge in [0.15, 0.2) is 0 Å². The van der Waals surface area contributed by atoms with Gasteiger partial charge in [-0.2, -0.15) is 0 Å². The van der Waals surface area contributed by atoms with E-state index in [0.717, 1.165) is 17.9 Å². The number of nitro groups is 1. The summed E-state index contributed by atoms with van der Waals surface area (Å²) < 4.78 is 13.5. The fourth-order valence-electron chi connectivity index (χ4n) is 4.64. The van der Waals surface area contributed by atoms with Gasteiger partial charge >= 0.3 is 0 Å².